The van der Waals surface area contributed by atoms with E-state index < -0.39 is 4.92 Å². The lowest BCUT2D eigenvalue weighted by atomic mass is 9.88. The van der Waals surface area contributed by atoms with Crippen molar-refractivity contribution in [3.8, 4) is 0 Å². The molecule has 1 saturated carbocycles. The van der Waals surface area contributed by atoms with E-state index in [0.29, 0.717) is 11.6 Å². The van der Waals surface area contributed by atoms with E-state index in [1.54, 1.807) is 18.2 Å². The van der Waals surface area contributed by atoms with Gasteiger partial charge in [0.15, 0.2) is 0 Å². The molecule has 2 fully saturated rings. The quantitative estimate of drug-likeness (QED) is 0.579. The maximum Gasteiger partial charge on any atom is 0.273 e. The molecular formula is C19H28ClN3O3. The largest absolute Gasteiger partial charge is 0.341 e. The lowest BCUT2D eigenvalue weighted by Crippen LogP contribution is -2.53. The molecule has 0 bridgehead atoms. The summed E-state index contributed by atoms with van der Waals surface area (Å²) in [5, 5.41) is 11.2. The van der Waals surface area contributed by atoms with Gasteiger partial charge in [-0.3, -0.25) is 19.8 Å². The fraction of sp³-hybridized carbons (Fsp3) is 0.632. The number of benzene rings is 1. The van der Waals surface area contributed by atoms with E-state index in [9.17, 15) is 14.9 Å². The molecule has 7 heteroatoms. The Morgan fingerprint density at radius 1 is 1.19 bits per heavy atom. The van der Waals surface area contributed by atoms with Crippen LogP contribution in [0.2, 0.25) is 0 Å². The predicted octanol–water partition coefficient (Wildman–Crippen LogP) is 3.42. The maximum atomic E-state index is 12.8. The van der Waals surface area contributed by atoms with Crippen molar-refractivity contribution in [1.82, 2.24) is 9.80 Å². The Kier molecular flexibility index (Phi) is 7.41. The van der Waals surface area contributed by atoms with Crippen molar-refractivity contribution < 1.29 is 9.72 Å². The normalized spacial score (nSPS) is 23.3. The van der Waals surface area contributed by atoms with Crippen molar-refractivity contribution in [2.75, 3.05) is 20.1 Å². The summed E-state index contributed by atoms with van der Waals surface area (Å²) in [6.07, 6.45) is 7.14. The van der Waals surface area contributed by atoms with Crippen molar-refractivity contribution in [2.45, 2.75) is 57.0 Å². The summed E-state index contributed by atoms with van der Waals surface area (Å²) in [7, 11) is 1.87. The summed E-state index contributed by atoms with van der Waals surface area (Å²) < 4.78 is 0. The Bertz CT molecular complexity index is 634. The topological polar surface area (TPSA) is 66.7 Å². The molecule has 0 N–H and O–H groups in total. The van der Waals surface area contributed by atoms with Crippen molar-refractivity contribution in [3.05, 3.63) is 39.9 Å². The van der Waals surface area contributed by atoms with Gasteiger partial charge < -0.3 is 4.90 Å². The Hall–Kier alpha value is -1.66. The average molecular weight is 382 g/mol. The molecule has 26 heavy (non-hydrogen) atoms. The number of halogens is 1. The SMILES string of the molecule is CN(C(=O)Cc1ccccc1[N+](=O)[O-])[C@@H]1CCCC[C@H]1N1CCCC1.Cl. The average Bonchev–Trinajstić information content (AvgIpc) is 3.16. The summed E-state index contributed by atoms with van der Waals surface area (Å²) in [5.74, 6) is -0.0228. The van der Waals surface area contributed by atoms with Crippen LogP contribution in [0.1, 0.15) is 44.1 Å². The highest BCUT2D eigenvalue weighted by atomic mass is 35.5. The Labute approximate surface area is 161 Å². The third-order valence-electron chi connectivity index (χ3n) is 5.72. The lowest BCUT2D eigenvalue weighted by Gasteiger charge is -2.42. The molecule has 1 saturated heterocycles. The molecule has 3 rings (SSSR count). The van der Waals surface area contributed by atoms with Crippen LogP contribution in [0.25, 0.3) is 0 Å². The zero-order valence-corrected chi connectivity index (χ0v) is 16.1. The van der Waals surface area contributed by atoms with E-state index in [0.717, 1.165) is 32.4 Å². The maximum absolute atomic E-state index is 12.8. The summed E-state index contributed by atoms with van der Waals surface area (Å²) in [6, 6.07) is 7.21. The number of rotatable bonds is 5. The predicted molar refractivity (Wildman–Crippen MR) is 104 cm³/mol. The van der Waals surface area contributed by atoms with Gasteiger partial charge in [0.05, 0.1) is 11.3 Å². The number of para-hydroxylation sites is 1. The van der Waals surface area contributed by atoms with Gasteiger partial charge in [0.1, 0.15) is 0 Å². The number of nitrogens with zero attached hydrogens (tertiary/aromatic N) is 3. The molecule has 2 aliphatic rings. The molecule has 0 unspecified atom stereocenters. The van der Waals surface area contributed by atoms with Gasteiger partial charge in [-0.25, -0.2) is 0 Å². The summed E-state index contributed by atoms with van der Waals surface area (Å²) >= 11 is 0. The number of hydrogen-bond acceptors (Lipinski definition) is 4. The smallest absolute Gasteiger partial charge is 0.273 e. The standard InChI is InChI=1S/C19H27N3O3.ClH/c1-20(17-10-4-5-11-18(17)21-12-6-7-13-21)19(23)14-15-8-2-3-9-16(15)22(24)25;/h2-3,8-9,17-18H,4-7,10-14H2,1H3;1H/t17-,18-;/m1./s1. The second-order valence-corrected chi connectivity index (χ2v) is 7.23. The number of likely N-dealkylation sites (tertiary alicyclic amines) is 1. The van der Waals surface area contributed by atoms with Crippen LogP contribution in [0.15, 0.2) is 24.3 Å². The van der Waals surface area contributed by atoms with E-state index >= 15 is 0 Å². The molecule has 2 atom stereocenters. The summed E-state index contributed by atoms with van der Waals surface area (Å²) in [4.78, 5) is 28.0. The van der Waals surface area contributed by atoms with E-state index in [-0.39, 0.29) is 36.5 Å². The number of likely N-dealkylation sites (N-methyl/N-ethyl adjacent to an activating group) is 1. The third-order valence-corrected chi connectivity index (χ3v) is 5.72. The molecule has 0 radical (unpaired) electrons. The molecule has 0 aromatic heterocycles. The minimum absolute atomic E-state index is 0. The zero-order valence-electron chi connectivity index (χ0n) is 15.3. The Morgan fingerprint density at radius 3 is 2.54 bits per heavy atom. The van der Waals surface area contributed by atoms with E-state index in [4.69, 9.17) is 0 Å². The first-order chi connectivity index (χ1) is 12.1. The van der Waals surface area contributed by atoms with Gasteiger partial charge >= 0.3 is 0 Å². The molecule has 0 spiro atoms. The minimum Gasteiger partial charge on any atom is -0.341 e. The third kappa shape index (κ3) is 4.54. The summed E-state index contributed by atoms with van der Waals surface area (Å²) in [6.45, 7) is 2.26. The molecule has 1 aromatic carbocycles. The van der Waals surface area contributed by atoms with Gasteiger partial charge in [-0.1, -0.05) is 31.0 Å². The van der Waals surface area contributed by atoms with E-state index in [1.165, 1.54) is 25.3 Å². The number of nitro groups is 1. The van der Waals surface area contributed by atoms with Crippen LogP contribution in [0.3, 0.4) is 0 Å². The fourth-order valence-electron chi connectivity index (χ4n) is 4.35. The Balaban J connectivity index is 0.00000243. The van der Waals surface area contributed by atoms with Crippen LogP contribution in [0.5, 0.6) is 0 Å². The molecule has 1 heterocycles. The first-order valence-corrected chi connectivity index (χ1v) is 9.30. The number of carbonyl (C=O) groups excluding carboxylic acids is 1. The lowest BCUT2D eigenvalue weighted by molar-refractivity contribution is -0.385. The second-order valence-electron chi connectivity index (χ2n) is 7.23. The van der Waals surface area contributed by atoms with Crippen LogP contribution in [-0.4, -0.2) is 52.9 Å². The number of hydrogen-bond donors (Lipinski definition) is 0. The number of nitro benzene ring substituents is 1. The molecule has 1 aliphatic carbocycles. The second kappa shape index (κ2) is 9.33. The van der Waals surface area contributed by atoms with Crippen LogP contribution in [0.4, 0.5) is 5.69 Å². The van der Waals surface area contributed by atoms with Crippen molar-refractivity contribution in [2.24, 2.45) is 0 Å². The molecular weight excluding hydrogens is 354 g/mol. The van der Waals surface area contributed by atoms with E-state index in [2.05, 4.69) is 4.90 Å². The van der Waals surface area contributed by atoms with Gasteiger partial charge in [0.25, 0.3) is 5.69 Å². The van der Waals surface area contributed by atoms with Crippen molar-refractivity contribution >= 4 is 24.0 Å². The minimum atomic E-state index is -0.406. The molecule has 1 amide bonds. The van der Waals surface area contributed by atoms with Crippen LogP contribution >= 0.6 is 12.4 Å². The van der Waals surface area contributed by atoms with Gasteiger partial charge in [-0.15, -0.1) is 12.4 Å². The number of carbonyl (C=O) groups is 1. The first-order valence-electron chi connectivity index (χ1n) is 9.30. The highest BCUT2D eigenvalue weighted by molar-refractivity contribution is 5.85. The van der Waals surface area contributed by atoms with Crippen molar-refractivity contribution in [3.63, 3.8) is 0 Å². The van der Waals surface area contributed by atoms with Crippen LogP contribution in [-0.2, 0) is 11.2 Å². The van der Waals surface area contributed by atoms with Crippen LogP contribution in [0, 0.1) is 10.1 Å². The Morgan fingerprint density at radius 2 is 1.85 bits per heavy atom. The summed E-state index contributed by atoms with van der Waals surface area (Å²) in [5.41, 5.74) is 0.530. The van der Waals surface area contributed by atoms with Crippen LogP contribution < -0.4 is 0 Å². The molecule has 6 nitrogen and oxygen atoms in total. The molecule has 144 valence electrons. The highest BCUT2D eigenvalue weighted by Crippen LogP contribution is 2.29. The van der Waals surface area contributed by atoms with Gasteiger partial charge in [-0.2, -0.15) is 0 Å². The van der Waals surface area contributed by atoms with Gasteiger partial charge in [-0.05, 0) is 38.8 Å². The fourth-order valence-corrected chi connectivity index (χ4v) is 4.35. The molecule has 1 aliphatic heterocycles. The molecule has 1 aromatic rings. The highest BCUT2D eigenvalue weighted by Gasteiger charge is 2.35. The van der Waals surface area contributed by atoms with E-state index in [1.807, 2.05) is 11.9 Å². The first kappa shape index (κ1) is 20.6. The van der Waals surface area contributed by atoms with Crippen molar-refractivity contribution in [1.29, 1.82) is 0 Å². The zero-order chi connectivity index (χ0) is 17.8. The van der Waals surface area contributed by atoms with Gasteiger partial charge in [0, 0.05) is 30.8 Å². The number of amides is 1. The van der Waals surface area contributed by atoms with Gasteiger partial charge in [0.2, 0.25) is 5.91 Å². The monoisotopic (exact) mass is 381 g/mol.